The Morgan fingerprint density at radius 1 is 1.29 bits per heavy atom. The molecule has 1 aromatic carbocycles. The van der Waals surface area contributed by atoms with Crippen molar-refractivity contribution in [3.8, 4) is 17.0 Å². The maximum Gasteiger partial charge on any atom is 0.203 e. The second-order valence-electron chi connectivity index (χ2n) is 4.23. The molecule has 3 aromatic rings. The van der Waals surface area contributed by atoms with Crippen LogP contribution in [0.3, 0.4) is 0 Å². The predicted octanol–water partition coefficient (Wildman–Crippen LogP) is 3.18. The van der Waals surface area contributed by atoms with E-state index in [0.717, 1.165) is 17.0 Å². The van der Waals surface area contributed by atoms with Gasteiger partial charge in [-0.3, -0.25) is 5.41 Å². The lowest BCUT2D eigenvalue weighted by Crippen LogP contribution is -2.09. The highest BCUT2D eigenvalue weighted by molar-refractivity contribution is 7.07. The molecule has 0 fully saturated rings. The predicted molar refractivity (Wildman–Crippen MR) is 81.9 cm³/mol. The standard InChI is InChI=1S/C15H13N3O2S/c1-19-12-6-4-11(5-7-12)14-10-21-15(16)18(14)17-9-13-3-2-8-20-13/h2-10,16H,1H3. The zero-order valence-electron chi connectivity index (χ0n) is 11.3. The van der Waals surface area contributed by atoms with E-state index in [2.05, 4.69) is 5.10 Å². The summed E-state index contributed by atoms with van der Waals surface area (Å²) in [6.45, 7) is 0. The van der Waals surface area contributed by atoms with E-state index in [9.17, 15) is 0 Å². The maximum absolute atomic E-state index is 7.96. The van der Waals surface area contributed by atoms with Gasteiger partial charge < -0.3 is 9.15 Å². The van der Waals surface area contributed by atoms with Gasteiger partial charge in [0.2, 0.25) is 4.80 Å². The molecule has 0 atom stereocenters. The minimum atomic E-state index is 0.351. The zero-order chi connectivity index (χ0) is 14.7. The number of nitrogens with one attached hydrogen (secondary N) is 1. The quantitative estimate of drug-likeness (QED) is 0.752. The first kappa shape index (κ1) is 13.4. The number of hydrogen-bond acceptors (Lipinski definition) is 5. The van der Waals surface area contributed by atoms with Crippen LogP contribution in [0, 0.1) is 5.41 Å². The third-order valence-corrected chi connectivity index (χ3v) is 3.67. The largest absolute Gasteiger partial charge is 0.497 e. The molecule has 2 heterocycles. The minimum Gasteiger partial charge on any atom is -0.497 e. The fraction of sp³-hybridized carbons (Fsp3) is 0.0667. The molecule has 0 bridgehead atoms. The van der Waals surface area contributed by atoms with Gasteiger partial charge >= 0.3 is 0 Å². The van der Waals surface area contributed by atoms with E-state index in [1.165, 1.54) is 11.3 Å². The molecule has 0 aliphatic rings. The van der Waals surface area contributed by atoms with E-state index >= 15 is 0 Å². The lowest BCUT2D eigenvalue weighted by atomic mass is 10.2. The van der Waals surface area contributed by atoms with Crippen LogP contribution >= 0.6 is 11.3 Å². The number of aromatic nitrogens is 1. The van der Waals surface area contributed by atoms with E-state index in [1.807, 2.05) is 35.7 Å². The molecule has 5 nitrogen and oxygen atoms in total. The Hall–Kier alpha value is -2.60. The number of nitrogens with zero attached hydrogens (tertiary/aromatic N) is 2. The fourth-order valence-electron chi connectivity index (χ4n) is 1.87. The zero-order valence-corrected chi connectivity index (χ0v) is 12.1. The van der Waals surface area contributed by atoms with Crippen molar-refractivity contribution >= 4 is 17.6 Å². The van der Waals surface area contributed by atoms with Gasteiger partial charge in [-0.25, -0.2) is 4.68 Å². The lowest BCUT2D eigenvalue weighted by Gasteiger charge is -2.04. The molecular weight excluding hydrogens is 286 g/mol. The minimum absolute atomic E-state index is 0.351. The van der Waals surface area contributed by atoms with Crippen LogP contribution < -0.4 is 9.54 Å². The van der Waals surface area contributed by atoms with Crippen LogP contribution in [-0.4, -0.2) is 18.0 Å². The topological polar surface area (TPSA) is 63.5 Å². The summed E-state index contributed by atoms with van der Waals surface area (Å²) in [4.78, 5) is 0.351. The Morgan fingerprint density at radius 3 is 2.76 bits per heavy atom. The highest BCUT2D eigenvalue weighted by atomic mass is 32.1. The molecule has 1 N–H and O–H groups in total. The van der Waals surface area contributed by atoms with Gasteiger partial charge in [0.25, 0.3) is 0 Å². The van der Waals surface area contributed by atoms with Gasteiger partial charge in [-0.1, -0.05) is 0 Å². The highest BCUT2D eigenvalue weighted by Gasteiger charge is 2.06. The Morgan fingerprint density at radius 2 is 2.10 bits per heavy atom. The SMILES string of the molecule is COc1ccc(-c2csc(=N)n2N=Cc2ccco2)cc1. The van der Waals surface area contributed by atoms with Gasteiger partial charge in [-0.2, -0.15) is 5.10 Å². The molecule has 106 valence electrons. The van der Waals surface area contributed by atoms with E-state index in [-0.39, 0.29) is 0 Å². The Kier molecular flexibility index (Phi) is 3.70. The summed E-state index contributed by atoms with van der Waals surface area (Å²) in [7, 11) is 1.63. The van der Waals surface area contributed by atoms with Gasteiger partial charge in [0.15, 0.2) is 0 Å². The van der Waals surface area contributed by atoms with Crippen molar-refractivity contribution < 1.29 is 9.15 Å². The first-order valence-corrected chi connectivity index (χ1v) is 7.13. The average molecular weight is 299 g/mol. The summed E-state index contributed by atoms with van der Waals surface area (Å²) in [6.07, 6.45) is 3.18. The number of benzene rings is 1. The molecular formula is C15H13N3O2S. The Balaban J connectivity index is 1.98. The number of hydrogen-bond donors (Lipinski definition) is 1. The second kappa shape index (κ2) is 5.80. The summed E-state index contributed by atoms with van der Waals surface area (Å²) >= 11 is 1.33. The number of methoxy groups -OCH3 is 1. The molecule has 0 unspecified atom stereocenters. The van der Waals surface area contributed by atoms with Gasteiger partial charge in [0.05, 0.1) is 25.3 Å². The van der Waals surface area contributed by atoms with E-state index in [1.54, 1.807) is 30.3 Å². The van der Waals surface area contributed by atoms with Crippen molar-refractivity contribution in [2.45, 2.75) is 0 Å². The molecule has 3 rings (SSSR count). The summed E-state index contributed by atoms with van der Waals surface area (Å²) in [5.74, 6) is 1.44. The molecule has 2 aromatic heterocycles. The summed E-state index contributed by atoms with van der Waals surface area (Å²) < 4.78 is 11.9. The molecule has 21 heavy (non-hydrogen) atoms. The molecule has 0 radical (unpaired) electrons. The highest BCUT2D eigenvalue weighted by Crippen LogP contribution is 2.22. The van der Waals surface area contributed by atoms with Gasteiger partial charge in [0.1, 0.15) is 11.5 Å². The van der Waals surface area contributed by atoms with Crippen molar-refractivity contribution in [3.63, 3.8) is 0 Å². The van der Waals surface area contributed by atoms with Crippen LogP contribution in [0.25, 0.3) is 11.3 Å². The normalized spacial score (nSPS) is 11.1. The summed E-state index contributed by atoms with van der Waals surface area (Å²) in [5.41, 5.74) is 1.83. The first-order valence-electron chi connectivity index (χ1n) is 6.25. The van der Waals surface area contributed by atoms with Crippen molar-refractivity contribution in [2.75, 3.05) is 7.11 Å². The van der Waals surface area contributed by atoms with E-state index < -0.39 is 0 Å². The van der Waals surface area contributed by atoms with Crippen LogP contribution in [0.2, 0.25) is 0 Å². The van der Waals surface area contributed by atoms with Gasteiger partial charge in [-0.05, 0) is 36.4 Å². The first-order chi connectivity index (χ1) is 10.3. The lowest BCUT2D eigenvalue weighted by molar-refractivity contribution is 0.415. The van der Waals surface area contributed by atoms with Crippen LogP contribution in [0.15, 0.2) is 57.6 Å². The average Bonchev–Trinajstić information content (AvgIpc) is 3.15. The van der Waals surface area contributed by atoms with Crippen LogP contribution in [0.4, 0.5) is 0 Å². The third kappa shape index (κ3) is 2.80. The molecule has 0 spiro atoms. The van der Waals surface area contributed by atoms with Crippen molar-refractivity contribution in [1.82, 2.24) is 4.68 Å². The van der Waals surface area contributed by atoms with Crippen LogP contribution in [0.5, 0.6) is 5.75 Å². The van der Waals surface area contributed by atoms with Crippen molar-refractivity contribution in [1.29, 1.82) is 5.41 Å². The number of ether oxygens (including phenoxy) is 1. The number of thiazole rings is 1. The van der Waals surface area contributed by atoms with E-state index in [4.69, 9.17) is 14.6 Å². The molecule has 0 aliphatic carbocycles. The third-order valence-electron chi connectivity index (χ3n) is 2.93. The Labute approximate surface area is 125 Å². The number of furan rings is 1. The molecule has 0 aliphatic heterocycles. The fourth-order valence-corrected chi connectivity index (χ4v) is 2.57. The van der Waals surface area contributed by atoms with Crippen LogP contribution in [0.1, 0.15) is 5.76 Å². The van der Waals surface area contributed by atoms with E-state index in [0.29, 0.717) is 10.6 Å². The monoisotopic (exact) mass is 299 g/mol. The molecule has 0 saturated heterocycles. The van der Waals surface area contributed by atoms with Crippen LogP contribution in [-0.2, 0) is 0 Å². The van der Waals surface area contributed by atoms with Gasteiger partial charge in [0, 0.05) is 10.9 Å². The second-order valence-corrected chi connectivity index (χ2v) is 5.08. The van der Waals surface area contributed by atoms with Crippen molar-refractivity contribution in [2.24, 2.45) is 5.10 Å². The van der Waals surface area contributed by atoms with Gasteiger partial charge in [-0.15, -0.1) is 11.3 Å². The smallest absolute Gasteiger partial charge is 0.203 e. The summed E-state index contributed by atoms with van der Waals surface area (Å²) in [5, 5.41) is 14.2. The molecule has 6 heteroatoms. The Bertz CT molecular complexity index is 798. The molecule has 0 amide bonds. The number of rotatable bonds is 4. The maximum atomic E-state index is 7.96. The summed E-state index contributed by atoms with van der Waals surface area (Å²) in [6, 6.07) is 11.3. The van der Waals surface area contributed by atoms with Crippen molar-refractivity contribution in [3.05, 3.63) is 58.6 Å². The molecule has 0 saturated carbocycles.